The maximum Gasteiger partial charge on any atom is 0.253 e. The van der Waals surface area contributed by atoms with E-state index < -0.39 is 0 Å². The summed E-state index contributed by atoms with van der Waals surface area (Å²) in [7, 11) is 1.67. The van der Waals surface area contributed by atoms with Gasteiger partial charge in [-0.15, -0.1) is 0 Å². The summed E-state index contributed by atoms with van der Waals surface area (Å²) in [6.45, 7) is 2.57. The summed E-state index contributed by atoms with van der Waals surface area (Å²) < 4.78 is 5.29. The van der Waals surface area contributed by atoms with E-state index in [0.717, 1.165) is 23.3 Å². The second-order valence-corrected chi connectivity index (χ2v) is 4.42. The Balaban J connectivity index is 2.02. The van der Waals surface area contributed by atoms with Gasteiger partial charge < -0.3 is 10.1 Å². The third kappa shape index (κ3) is 3.35. The summed E-state index contributed by atoms with van der Waals surface area (Å²) in [5, 5.41) is 2.88. The van der Waals surface area contributed by atoms with Crippen LogP contribution in [0.15, 0.2) is 42.7 Å². The highest BCUT2D eigenvalue weighted by Crippen LogP contribution is 2.20. The zero-order valence-corrected chi connectivity index (χ0v) is 11.7. The molecule has 0 aliphatic rings. The van der Waals surface area contributed by atoms with Gasteiger partial charge in [0, 0.05) is 18.9 Å². The normalized spacial score (nSPS) is 10.1. The van der Waals surface area contributed by atoms with Crippen molar-refractivity contribution in [3.8, 4) is 5.75 Å². The fraction of sp³-hybridized carbons (Fsp3) is 0.250. The maximum atomic E-state index is 11.9. The fourth-order valence-corrected chi connectivity index (χ4v) is 2.00. The smallest absolute Gasteiger partial charge is 0.253 e. The Bertz CT molecular complexity index is 582. The highest BCUT2D eigenvalue weighted by atomic mass is 16.5. The van der Waals surface area contributed by atoms with Crippen LogP contribution in [0.3, 0.4) is 0 Å². The Labute approximate surface area is 118 Å². The van der Waals surface area contributed by atoms with Crippen molar-refractivity contribution >= 4 is 5.91 Å². The van der Waals surface area contributed by atoms with E-state index in [1.54, 1.807) is 31.6 Å². The van der Waals surface area contributed by atoms with Crippen LogP contribution >= 0.6 is 0 Å². The number of benzene rings is 1. The van der Waals surface area contributed by atoms with Crippen molar-refractivity contribution in [3.05, 3.63) is 59.4 Å². The zero-order chi connectivity index (χ0) is 14.4. The molecule has 0 spiro atoms. The van der Waals surface area contributed by atoms with E-state index in [9.17, 15) is 4.79 Å². The number of pyridine rings is 1. The highest BCUT2D eigenvalue weighted by molar-refractivity contribution is 5.93. The first-order valence-corrected chi connectivity index (χ1v) is 6.58. The topological polar surface area (TPSA) is 51.2 Å². The van der Waals surface area contributed by atoms with Gasteiger partial charge in [-0.05, 0) is 35.7 Å². The van der Waals surface area contributed by atoms with Crippen LogP contribution in [0.5, 0.6) is 5.75 Å². The van der Waals surface area contributed by atoms with Crippen LogP contribution in [0.2, 0.25) is 0 Å². The highest BCUT2D eigenvalue weighted by Gasteiger charge is 2.06. The summed E-state index contributed by atoms with van der Waals surface area (Å²) >= 11 is 0. The SMILES string of the molecule is CCc1cc(CNC(=O)c2cccnc2)ccc1OC. The number of methoxy groups -OCH3 is 1. The standard InChI is InChI=1S/C16H18N2O2/c1-3-13-9-12(6-7-15(13)20-2)10-18-16(19)14-5-4-8-17-11-14/h4-9,11H,3,10H2,1-2H3,(H,18,19). The van der Waals surface area contributed by atoms with Crippen molar-refractivity contribution in [2.75, 3.05) is 7.11 Å². The predicted molar refractivity (Wildman–Crippen MR) is 77.8 cm³/mol. The molecule has 2 rings (SSSR count). The van der Waals surface area contributed by atoms with Crippen LogP contribution in [-0.2, 0) is 13.0 Å². The van der Waals surface area contributed by atoms with E-state index in [4.69, 9.17) is 4.74 Å². The molecule has 0 atom stereocenters. The molecule has 0 bridgehead atoms. The number of aromatic nitrogens is 1. The first kappa shape index (κ1) is 14.1. The Kier molecular flexibility index (Phi) is 4.71. The van der Waals surface area contributed by atoms with Crippen LogP contribution in [-0.4, -0.2) is 18.0 Å². The zero-order valence-electron chi connectivity index (χ0n) is 11.7. The van der Waals surface area contributed by atoms with Gasteiger partial charge in [0.05, 0.1) is 12.7 Å². The molecule has 0 unspecified atom stereocenters. The summed E-state index contributed by atoms with van der Waals surface area (Å²) in [5.41, 5.74) is 2.76. The number of amides is 1. The minimum atomic E-state index is -0.119. The largest absolute Gasteiger partial charge is 0.496 e. The lowest BCUT2D eigenvalue weighted by Gasteiger charge is -2.10. The number of aryl methyl sites for hydroxylation is 1. The molecular formula is C16H18N2O2. The Hall–Kier alpha value is -2.36. The summed E-state index contributed by atoms with van der Waals surface area (Å²) in [5.74, 6) is 0.766. The lowest BCUT2D eigenvalue weighted by Crippen LogP contribution is -2.22. The molecule has 4 nitrogen and oxygen atoms in total. The van der Waals surface area contributed by atoms with Gasteiger partial charge in [0.1, 0.15) is 5.75 Å². The summed E-state index contributed by atoms with van der Waals surface area (Å²) in [6, 6.07) is 9.44. The summed E-state index contributed by atoms with van der Waals surface area (Å²) in [4.78, 5) is 15.9. The van der Waals surface area contributed by atoms with E-state index >= 15 is 0 Å². The average Bonchev–Trinajstić information content (AvgIpc) is 2.53. The van der Waals surface area contributed by atoms with Gasteiger partial charge in [-0.3, -0.25) is 9.78 Å². The van der Waals surface area contributed by atoms with Crippen LogP contribution < -0.4 is 10.1 Å². The minimum absolute atomic E-state index is 0.119. The first-order valence-electron chi connectivity index (χ1n) is 6.58. The number of nitrogens with zero attached hydrogens (tertiary/aromatic N) is 1. The van der Waals surface area contributed by atoms with Crippen molar-refractivity contribution < 1.29 is 9.53 Å². The molecule has 0 saturated heterocycles. The quantitative estimate of drug-likeness (QED) is 0.908. The average molecular weight is 270 g/mol. The molecule has 0 radical (unpaired) electrons. The Morgan fingerprint density at radius 1 is 1.35 bits per heavy atom. The predicted octanol–water partition coefficient (Wildman–Crippen LogP) is 2.58. The first-order chi connectivity index (χ1) is 9.74. The van der Waals surface area contributed by atoms with Gasteiger partial charge in [0.25, 0.3) is 5.91 Å². The molecule has 4 heteroatoms. The van der Waals surface area contributed by atoms with Crippen LogP contribution in [0.4, 0.5) is 0 Å². The summed E-state index contributed by atoms with van der Waals surface area (Å²) in [6.07, 6.45) is 4.10. The molecule has 0 fully saturated rings. The number of rotatable bonds is 5. The molecule has 1 aromatic heterocycles. The minimum Gasteiger partial charge on any atom is -0.496 e. The molecule has 1 amide bonds. The van der Waals surface area contributed by atoms with E-state index in [1.165, 1.54) is 0 Å². The van der Waals surface area contributed by atoms with Gasteiger partial charge in [-0.25, -0.2) is 0 Å². The number of ether oxygens (including phenoxy) is 1. The number of nitrogens with one attached hydrogen (secondary N) is 1. The van der Waals surface area contributed by atoms with Crippen molar-refractivity contribution in [2.24, 2.45) is 0 Å². The number of carbonyl (C=O) groups excluding carboxylic acids is 1. The Morgan fingerprint density at radius 2 is 2.20 bits per heavy atom. The van der Waals surface area contributed by atoms with Gasteiger partial charge in [0.15, 0.2) is 0 Å². The maximum absolute atomic E-state index is 11.9. The fourth-order valence-electron chi connectivity index (χ4n) is 2.00. The number of hydrogen-bond donors (Lipinski definition) is 1. The van der Waals surface area contributed by atoms with Crippen molar-refractivity contribution in [1.29, 1.82) is 0 Å². The van der Waals surface area contributed by atoms with Crippen LogP contribution in [0, 0.1) is 0 Å². The molecule has 1 N–H and O–H groups in total. The molecular weight excluding hydrogens is 252 g/mol. The second kappa shape index (κ2) is 6.70. The molecule has 1 heterocycles. The number of carbonyl (C=O) groups is 1. The van der Waals surface area contributed by atoms with Crippen molar-refractivity contribution in [2.45, 2.75) is 19.9 Å². The Morgan fingerprint density at radius 3 is 2.85 bits per heavy atom. The third-order valence-electron chi connectivity index (χ3n) is 3.10. The lowest BCUT2D eigenvalue weighted by molar-refractivity contribution is 0.0950. The lowest BCUT2D eigenvalue weighted by atomic mass is 10.1. The number of hydrogen-bond acceptors (Lipinski definition) is 3. The molecule has 1 aromatic carbocycles. The van der Waals surface area contributed by atoms with E-state index in [2.05, 4.69) is 23.3 Å². The van der Waals surface area contributed by atoms with Crippen LogP contribution in [0.1, 0.15) is 28.4 Å². The van der Waals surface area contributed by atoms with E-state index in [1.807, 2.05) is 12.1 Å². The molecule has 104 valence electrons. The van der Waals surface area contributed by atoms with Crippen LogP contribution in [0.25, 0.3) is 0 Å². The van der Waals surface area contributed by atoms with Gasteiger partial charge >= 0.3 is 0 Å². The second-order valence-electron chi connectivity index (χ2n) is 4.42. The molecule has 0 saturated carbocycles. The van der Waals surface area contributed by atoms with Gasteiger partial charge in [-0.1, -0.05) is 19.1 Å². The van der Waals surface area contributed by atoms with Crippen molar-refractivity contribution in [3.63, 3.8) is 0 Å². The monoisotopic (exact) mass is 270 g/mol. The third-order valence-corrected chi connectivity index (χ3v) is 3.10. The van der Waals surface area contributed by atoms with Gasteiger partial charge in [-0.2, -0.15) is 0 Å². The van der Waals surface area contributed by atoms with E-state index in [0.29, 0.717) is 12.1 Å². The van der Waals surface area contributed by atoms with E-state index in [-0.39, 0.29) is 5.91 Å². The molecule has 2 aromatic rings. The molecule has 0 aliphatic carbocycles. The molecule has 20 heavy (non-hydrogen) atoms. The van der Waals surface area contributed by atoms with Crippen molar-refractivity contribution in [1.82, 2.24) is 10.3 Å². The van der Waals surface area contributed by atoms with Gasteiger partial charge in [0.2, 0.25) is 0 Å². The molecule has 0 aliphatic heterocycles.